The summed E-state index contributed by atoms with van der Waals surface area (Å²) in [5.74, 6) is 1.07. The van der Waals surface area contributed by atoms with Crippen LogP contribution in [0, 0.1) is 0 Å². The topological polar surface area (TPSA) is 123 Å². The van der Waals surface area contributed by atoms with Gasteiger partial charge in [-0.3, -0.25) is 9.78 Å². The molecule has 0 unspecified atom stereocenters. The summed E-state index contributed by atoms with van der Waals surface area (Å²) in [7, 11) is 0. The molecule has 0 aliphatic heterocycles. The maximum absolute atomic E-state index is 11.7. The van der Waals surface area contributed by atoms with Crippen molar-refractivity contribution in [2.24, 2.45) is 0 Å². The van der Waals surface area contributed by atoms with Crippen molar-refractivity contribution < 1.29 is 4.74 Å². The molecule has 0 saturated heterocycles. The molecule has 102 valence electrons. The van der Waals surface area contributed by atoms with Crippen LogP contribution in [0.25, 0.3) is 22.6 Å². The van der Waals surface area contributed by atoms with E-state index in [4.69, 9.17) is 10.5 Å². The average Bonchev–Trinajstić information content (AvgIpc) is 2.84. The van der Waals surface area contributed by atoms with Gasteiger partial charge in [0.25, 0.3) is 5.56 Å². The molecule has 0 bridgehead atoms. The van der Waals surface area contributed by atoms with Crippen LogP contribution >= 0.6 is 0 Å². The van der Waals surface area contributed by atoms with Crippen molar-refractivity contribution in [3.05, 3.63) is 28.7 Å². The largest absolute Gasteiger partial charge is 0.478 e. The third-order valence-corrected chi connectivity index (χ3v) is 2.68. The van der Waals surface area contributed by atoms with Crippen LogP contribution in [0.2, 0.25) is 0 Å². The Hall–Kier alpha value is -2.90. The molecule has 8 nitrogen and oxygen atoms in total. The highest BCUT2D eigenvalue weighted by atomic mass is 16.5. The maximum atomic E-state index is 11.7. The molecule has 4 N–H and O–H groups in total. The minimum absolute atomic E-state index is 0.0327. The van der Waals surface area contributed by atoms with E-state index in [9.17, 15) is 4.79 Å². The summed E-state index contributed by atoms with van der Waals surface area (Å²) in [6.45, 7) is 2.44. The van der Waals surface area contributed by atoms with Gasteiger partial charge in [-0.05, 0) is 13.0 Å². The molecule has 0 aromatic carbocycles. The number of hydrogen-bond donors (Lipinski definition) is 3. The summed E-state index contributed by atoms with van der Waals surface area (Å²) >= 11 is 0. The molecular formula is C12H12N6O2. The van der Waals surface area contributed by atoms with E-state index in [0.717, 1.165) is 5.56 Å². The van der Waals surface area contributed by atoms with Crippen LogP contribution < -0.4 is 16.0 Å². The number of aromatic amines is 2. The van der Waals surface area contributed by atoms with Gasteiger partial charge < -0.3 is 15.5 Å². The molecular weight excluding hydrogens is 260 g/mol. The number of anilines is 1. The van der Waals surface area contributed by atoms with Gasteiger partial charge in [0, 0.05) is 17.8 Å². The SMILES string of the molecule is CCOc1ccc(-c2nc3nc(N)[nH]c(=O)c3[nH]2)cn1. The van der Waals surface area contributed by atoms with Crippen molar-refractivity contribution in [2.45, 2.75) is 6.92 Å². The zero-order valence-corrected chi connectivity index (χ0v) is 10.7. The lowest BCUT2D eigenvalue weighted by atomic mass is 10.3. The lowest BCUT2D eigenvalue weighted by molar-refractivity contribution is 0.327. The Balaban J connectivity index is 2.05. The minimum Gasteiger partial charge on any atom is -0.478 e. The molecule has 3 aromatic heterocycles. The van der Waals surface area contributed by atoms with Gasteiger partial charge in [0.15, 0.2) is 11.2 Å². The monoisotopic (exact) mass is 272 g/mol. The van der Waals surface area contributed by atoms with Crippen LogP contribution in [0.3, 0.4) is 0 Å². The Morgan fingerprint density at radius 1 is 1.30 bits per heavy atom. The van der Waals surface area contributed by atoms with Crippen molar-refractivity contribution in [1.29, 1.82) is 0 Å². The Morgan fingerprint density at radius 2 is 2.15 bits per heavy atom. The van der Waals surface area contributed by atoms with Crippen LogP contribution in [0.1, 0.15) is 6.92 Å². The number of ether oxygens (including phenoxy) is 1. The number of fused-ring (bicyclic) bond motifs is 1. The third-order valence-electron chi connectivity index (χ3n) is 2.68. The lowest BCUT2D eigenvalue weighted by Crippen LogP contribution is -2.10. The van der Waals surface area contributed by atoms with Crippen molar-refractivity contribution in [3.63, 3.8) is 0 Å². The second kappa shape index (κ2) is 4.65. The summed E-state index contributed by atoms with van der Waals surface area (Å²) in [6, 6.07) is 3.53. The fourth-order valence-electron chi connectivity index (χ4n) is 1.81. The number of nitrogens with two attached hydrogens (primary N) is 1. The van der Waals surface area contributed by atoms with Crippen LogP contribution in [-0.4, -0.2) is 31.5 Å². The summed E-state index contributed by atoms with van der Waals surface area (Å²) in [4.78, 5) is 29.4. The molecule has 0 amide bonds. The highest BCUT2D eigenvalue weighted by Gasteiger charge is 2.10. The summed E-state index contributed by atoms with van der Waals surface area (Å²) in [6.07, 6.45) is 1.61. The Kier molecular flexibility index (Phi) is 2.82. The molecule has 3 heterocycles. The van der Waals surface area contributed by atoms with Crippen molar-refractivity contribution in [2.75, 3.05) is 12.3 Å². The van der Waals surface area contributed by atoms with Gasteiger partial charge in [-0.1, -0.05) is 0 Å². The van der Waals surface area contributed by atoms with E-state index in [1.54, 1.807) is 18.3 Å². The van der Waals surface area contributed by atoms with E-state index >= 15 is 0 Å². The first-order valence-corrected chi connectivity index (χ1v) is 6.02. The number of nitrogen functional groups attached to an aromatic ring is 1. The highest BCUT2D eigenvalue weighted by Crippen LogP contribution is 2.19. The van der Waals surface area contributed by atoms with Gasteiger partial charge in [-0.25, -0.2) is 9.97 Å². The van der Waals surface area contributed by atoms with E-state index in [2.05, 4.69) is 24.9 Å². The first-order valence-electron chi connectivity index (χ1n) is 6.02. The summed E-state index contributed by atoms with van der Waals surface area (Å²) in [5.41, 5.74) is 6.40. The van der Waals surface area contributed by atoms with Crippen LogP contribution in [0.15, 0.2) is 23.1 Å². The van der Waals surface area contributed by atoms with E-state index in [1.807, 2.05) is 6.92 Å². The maximum Gasteiger partial charge on any atom is 0.278 e. The predicted octanol–water partition coefficient (Wildman–Crippen LogP) is 0.689. The first-order chi connectivity index (χ1) is 9.67. The standard InChI is InChI=1S/C12H12N6O2/c1-2-20-7-4-3-6(5-14-7)9-15-8-10(16-9)17-12(13)18-11(8)19/h3-5H,2H2,1H3,(H4,13,15,16,17,18,19). The van der Waals surface area contributed by atoms with Gasteiger partial charge in [-0.15, -0.1) is 0 Å². The van der Waals surface area contributed by atoms with Gasteiger partial charge >= 0.3 is 0 Å². The van der Waals surface area contributed by atoms with E-state index < -0.39 is 0 Å². The second-order valence-electron chi connectivity index (χ2n) is 4.05. The molecule has 0 atom stereocenters. The number of pyridine rings is 1. The molecule has 0 aliphatic carbocycles. The fraction of sp³-hybridized carbons (Fsp3) is 0.167. The van der Waals surface area contributed by atoms with Crippen LogP contribution in [0.4, 0.5) is 5.95 Å². The number of nitrogens with one attached hydrogen (secondary N) is 2. The van der Waals surface area contributed by atoms with Crippen molar-refractivity contribution >= 4 is 17.1 Å². The number of nitrogens with zero attached hydrogens (tertiary/aromatic N) is 3. The number of H-pyrrole nitrogens is 2. The second-order valence-corrected chi connectivity index (χ2v) is 4.05. The quantitative estimate of drug-likeness (QED) is 0.644. The molecule has 0 radical (unpaired) electrons. The molecule has 0 fully saturated rings. The molecule has 0 aliphatic rings. The molecule has 0 saturated carbocycles. The number of rotatable bonds is 3. The van der Waals surface area contributed by atoms with Gasteiger partial charge in [0.1, 0.15) is 5.82 Å². The molecule has 20 heavy (non-hydrogen) atoms. The number of imidazole rings is 1. The molecule has 3 aromatic rings. The fourth-order valence-corrected chi connectivity index (χ4v) is 1.81. The van der Waals surface area contributed by atoms with E-state index in [0.29, 0.717) is 18.3 Å². The van der Waals surface area contributed by atoms with Crippen LogP contribution in [-0.2, 0) is 0 Å². The first kappa shape index (κ1) is 12.2. The average molecular weight is 272 g/mol. The zero-order chi connectivity index (χ0) is 14.1. The van der Waals surface area contributed by atoms with Gasteiger partial charge in [0.05, 0.1) is 6.61 Å². The third kappa shape index (κ3) is 2.07. The van der Waals surface area contributed by atoms with E-state index in [1.165, 1.54) is 0 Å². The Labute approximate surface area is 113 Å². The molecule has 3 rings (SSSR count). The predicted molar refractivity (Wildman–Crippen MR) is 73.3 cm³/mol. The van der Waals surface area contributed by atoms with Crippen LogP contribution in [0.5, 0.6) is 5.88 Å². The Bertz CT molecular complexity index is 805. The Morgan fingerprint density at radius 3 is 2.85 bits per heavy atom. The van der Waals surface area contributed by atoms with Gasteiger partial charge in [-0.2, -0.15) is 4.98 Å². The van der Waals surface area contributed by atoms with Crippen molar-refractivity contribution in [3.8, 4) is 17.3 Å². The molecule has 8 heteroatoms. The van der Waals surface area contributed by atoms with Crippen molar-refractivity contribution in [1.82, 2.24) is 24.9 Å². The highest BCUT2D eigenvalue weighted by molar-refractivity contribution is 5.75. The zero-order valence-electron chi connectivity index (χ0n) is 10.7. The van der Waals surface area contributed by atoms with E-state index in [-0.39, 0.29) is 22.7 Å². The van der Waals surface area contributed by atoms with Gasteiger partial charge in [0.2, 0.25) is 11.8 Å². The number of aromatic nitrogens is 5. The smallest absolute Gasteiger partial charge is 0.278 e. The lowest BCUT2D eigenvalue weighted by Gasteiger charge is -2.01. The minimum atomic E-state index is -0.356. The molecule has 0 spiro atoms. The summed E-state index contributed by atoms with van der Waals surface area (Å²) < 4.78 is 5.26. The normalized spacial score (nSPS) is 10.8. The summed E-state index contributed by atoms with van der Waals surface area (Å²) in [5, 5.41) is 0. The number of hydrogen-bond acceptors (Lipinski definition) is 6.